The molecule has 8 nitrogen and oxygen atoms in total. The topological polar surface area (TPSA) is 94.1 Å². The average Bonchev–Trinajstić information content (AvgIpc) is 2.91. The Kier molecular flexibility index (Phi) is 9.63. The lowest BCUT2D eigenvalue weighted by atomic mass is 9.89. The molecule has 8 heteroatoms. The number of aliphatic hydroxyl groups is 1. The average molecular weight is 523 g/mol. The standard InChI is InChI=1S/C30H42N4O4/c1-21-17-34(22(2)20-35)29(36)26-16-25(32-30(37)31-24-12-8-5-9-13-24)14-15-27(26)38-28(21)19-33(3)18-23-10-6-4-7-11-23/h5,8-9,12-16,21-23,28,35H,4,6-7,10-11,17-20H2,1-3H3,(H2,31,32,37)/t21-,22-,28-/m1/s1. The fraction of sp³-hybridized carbons (Fsp3) is 0.533. The van der Waals surface area contributed by atoms with Gasteiger partial charge in [-0.25, -0.2) is 4.79 Å². The highest BCUT2D eigenvalue weighted by molar-refractivity contribution is 6.02. The molecule has 2 aliphatic rings. The number of rotatable bonds is 8. The van der Waals surface area contributed by atoms with E-state index in [4.69, 9.17) is 4.74 Å². The van der Waals surface area contributed by atoms with Crippen LogP contribution in [0.2, 0.25) is 0 Å². The van der Waals surface area contributed by atoms with Gasteiger partial charge in [-0.1, -0.05) is 44.4 Å². The Morgan fingerprint density at radius 3 is 2.50 bits per heavy atom. The molecule has 0 saturated heterocycles. The highest BCUT2D eigenvalue weighted by Crippen LogP contribution is 2.31. The molecule has 0 aromatic heterocycles. The molecule has 3 atom stereocenters. The number of nitrogens with one attached hydrogen (secondary N) is 2. The number of amides is 3. The number of aliphatic hydroxyl groups excluding tert-OH is 1. The summed E-state index contributed by atoms with van der Waals surface area (Å²) < 4.78 is 6.52. The van der Waals surface area contributed by atoms with Gasteiger partial charge >= 0.3 is 6.03 Å². The van der Waals surface area contributed by atoms with Crippen LogP contribution in [0.4, 0.5) is 16.2 Å². The molecule has 3 N–H and O–H groups in total. The van der Waals surface area contributed by atoms with Crippen LogP contribution in [0, 0.1) is 11.8 Å². The van der Waals surface area contributed by atoms with Crippen molar-refractivity contribution >= 4 is 23.3 Å². The van der Waals surface area contributed by atoms with Gasteiger partial charge in [-0.2, -0.15) is 0 Å². The van der Waals surface area contributed by atoms with Crippen LogP contribution in [0.1, 0.15) is 56.3 Å². The van der Waals surface area contributed by atoms with Crippen molar-refractivity contribution in [3.8, 4) is 5.75 Å². The fourth-order valence-electron chi connectivity index (χ4n) is 5.53. The molecule has 0 bridgehead atoms. The molecule has 1 heterocycles. The molecule has 0 spiro atoms. The zero-order valence-corrected chi connectivity index (χ0v) is 22.9. The van der Waals surface area contributed by atoms with Crippen LogP contribution in [0.15, 0.2) is 48.5 Å². The molecule has 2 aromatic carbocycles. The lowest BCUT2D eigenvalue weighted by Crippen LogP contribution is -2.50. The molecule has 0 unspecified atom stereocenters. The zero-order valence-electron chi connectivity index (χ0n) is 22.9. The number of urea groups is 1. The Bertz CT molecular complexity index is 1070. The minimum atomic E-state index is -0.396. The molecule has 38 heavy (non-hydrogen) atoms. The molecule has 2 aromatic rings. The van der Waals surface area contributed by atoms with E-state index in [1.165, 1.54) is 32.1 Å². The van der Waals surface area contributed by atoms with Gasteiger partial charge in [0.15, 0.2) is 0 Å². The molecule has 1 saturated carbocycles. The molecular formula is C30H42N4O4. The fourth-order valence-corrected chi connectivity index (χ4v) is 5.53. The number of benzene rings is 2. The Morgan fingerprint density at radius 1 is 1.08 bits per heavy atom. The lowest BCUT2D eigenvalue weighted by molar-refractivity contribution is 0.0330. The Hall–Kier alpha value is -3.10. The number of nitrogens with zero attached hydrogens (tertiary/aromatic N) is 2. The normalized spacial score (nSPS) is 21.2. The number of likely N-dealkylation sites (N-methyl/N-ethyl adjacent to an activating group) is 1. The van der Waals surface area contributed by atoms with Gasteiger partial charge in [-0.3, -0.25) is 4.79 Å². The maximum atomic E-state index is 13.7. The van der Waals surface area contributed by atoms with Gasteiger partial charge in [-0.15, -0.1) is 0 Å². The second-order valence-electron chi connectivity index (χ2n) is 11.0. The number of hydrogen-bond acceptors (Lipinski definition) is 5. The molecule has 4 rings (SSSR count). The third kappa shape index (κ3) is 7.26. The van der Waals surface area contributed by atoms with Crippen LogP contribution in [0.5, 0.6) is 5.75 Å². The quantitative estimate of drug-likeness (QED) is 0.450. The van der Waals surface area contributed by atoms with Gasteiger partial charge < -0.3 is 30.3 Å². The first-order valence-corrected chi connectivity index (χ1v) is 13.9. The Balaban J connectivity index is 1.53. The third-order valence-corrected chi connectivity index (χ3v) is 7.74. The summed E-state index contributed by atoms with van der Waals surface area (Å²) in [5.74, 6) is 1.09. The molecule has 1 aliphatic carbocycles. The first-order valence-electron chi connectivity index (χ1n) is 13.9. The Morgan fingerprint density at radius 2 is 1.79 bits per heavy atom. The summed E-state index contributed by atoms with van der Waals surface area (Å²) in [6, 6.07) is 13.6. The van der Waals surface area contributed by atoms with E-state index in [0.717, 1.165) is 19.0 Å². The van der Waals surface area contributed by atoms with Gasteiger partial charge in [0.2, 0.25) is 0 Å². The van der Waals surface area contributed by atoms with E-state index >= 15 is 0 Å². The summed E-state index contributed by atoms with van der Waals surface area (Å²) in [6.45, 7) is 6.12. The second-order valence-corrected chi connectivity index (χ2v) is 11.0. The predicted molar refractivity (Wildman–Crippen MR) is 151 cm³/mol. The first-order chi connectivity index (χ1) is 18.3. The number of para-hydroxylation sites is 1. The smallest absolute Gasteiger partial charge is 0.323 e. The van der Waals surface area contributed by atoms with Gasteiger partial charge in [0.05, 0.1) is 18.2 Å². The largest absolute Gasteiger partial charge is 0.488 e. The van der Waals surface area contributed by atoms with Crippen LogP contribution in [-0.4, -0.2) is 72.3 Å². The van der Waals surface area contributed by atoms with Crippen molar-refractivity contribution in [3.63, 3.8) is 0 Å². The minimum absolute atomic E-state index is 0.0735. The van der Waals surface area contributed by atoms with Crippen molar-refractivity contribution < 1.29 is 19.4 Å². The van der Waals surface area contributed by atoms with Gasteiger partial charge in [-0.05, 0) is 63.1 Å². The zero-order chi connectivity index (χ0) is 27.1. The van der Waals surface area contributed by atoms with Crippen molar-refractivity contribution in [3.05, 3.63) is 54.1 Å². The van der Waals surface area contributed by atoms with E-state index < -0.39 is 6.03 Å². The number of hydrogen-bond donors (Lipinski definition) is 3. The summed E-state index contributed by atoms with van der Waals surface area (Å²) >= 11 is 0. The van der Waals surface area contributed by atoms with Crippen molar-refractivity contribution in [1.82, 2.24) is 9.80 Å². The summed E-state index contributed by atoms with van der Waals surface area (Å²) in [6.07, 6.45) is 6.44. The van der Waals surface area contributed by atoms with E-state index in [2.05, 4.69) is 29.5 Å². The van der Waals surface area contributed by atoms with Crippen LogP contribution < -0.4 is 15.4 Å². The first kappa shape index (κ1) is 27.9. The second kappa shape index (κ2) is 13.1. The number of carbonyl (C=O) groups excluding carboxylic acids is 2. The Labute approximate surface area is 226 Å². The molecule has 0 radical (unpaired) electrons. The highest BCUT2D eigenvalue weighted by Gasteiger charge is 2.34. The van der Waals surface area contributed by atoms with Crippen LogP contribution in [-0.2, 0) is 0 Å². The van der Waals surface area contributed by atoms with E-state index in [0.29, 0.717) is 29.2 Å². The summed E-state index contributed by atoms with van der Waals surface area (Å²) in [5.41, 5.74) is 1.55. The minimum Gasteiger partial charge on any atom is -0.488 e. The molecule has 1 aliphatic heterocycles. The number of ether oxygens (including phenoxy) is 1. The van der Waals surface area contributed by atoms with Crippen molar-refractivity contribution in [1.29, 1.82) is 0 Å². The van der Waals surface area contributed by atoms with Crippen LogP contribution in [0.25, 0.3) is 0 Å². The van der Waals surface area contributed by atoms with Gasteiger partial charge in [0, 0.05) is 36.9 Å². The van der Waals surface area contributed by atoms with Crippen molar-refractivity contribution in [2.75, 3.05) is 43.9 Å². The summed E-state index contributed by atoms with van der Waals surface area (Å²) in [4.78, 5) is 30.3. The number of anilines is 2. The SMILES string of the molecule is C[C@@H]1CN([C@H](C)CO)C(=O)c2cc(NC(=O)Nc3ccccc3)ccc2O[C@@H]1CN(C)CC1CCCCC1. The van der Waals surface area contributed by atoms with E-state index in [-0.39, 0.29) is 30.6 Å². The number of carbonyl (C=O) groups is 2. The summed E-state index contributed by atoms with van der Waals surface area (Å²) in [7, 11) is 2.15. The third-order valence-electron chi connectivity index (χ3n) is 7.74. The lowest BCUT2D eigenvalue weighted by Gasteiger charge is -2.38. The van der Waals surface area contributed by atoms with E-state index in [1.54, 1.807) is 35.2 Å². The van der Waals surface area contributed by atoms with E-state index in [9.17, 15) is 14.7 Å². The van der Waals surface area contributed by atoms with E-state index in [1.807, 2.05) is 25.1 Å². The van der Waals surface area contributed by atoms with Crippen molar-refractivity contribution in [2.24, 2.45) is 11.8 Å². The van der Waals surface area contributed by atoms with Crippen molar-refractivity contribution in [2.45, 2.75) is 58.1 Å². The molecular weight excluding hydrogens is 480 g/mol. The monoisotopic (exact) mass is 522 g/mol. The number of fused-ring (bicyclic) bond motifs is 1. The van der Waals surface area contributed by atoms with Crippen LogP contribution in [0.3, 0.4) is 0 Å². The molecule has 206 valence electrons. The maximum absolute atomic E-state index is 13.7. The molecule has 1 fully saturated rings. The van der Waals surface area contributed by atoms with Gasteiger partial charge in [0.25, 0.3) is 5.91 Å². The summed E-state index contributed by atoms with van der Waals surface area (Å²) in [5, 5.41) is 15.5. The maximum Gasteiger partial charge on any atom is 0.323 e. The van der Waals surface area contributed by atoms with Gasteiger partial charge in [0.1, 0.15) is 11.9 Å². The highest BCUT2D eigenvalue weighted by atomic mass is 16.5. The predicted octanol–water partition coefficient (Wildman–Crippen LogP) is 5.06. The van der Waals surface area contributed by atoms with Crippen LogP contribution >= 0.6 is 0 Å². The molecule has 3 amide bonds.